The highest BCUT2D eigenvalue weighted by molar-refractivity contribution is 6.01. The Morgan fingerprint density at radius 2 is 1.69 bits per heavy atom. The molecule has 0 bridgehead atoms. The molecule has 36 heavy (non-hydrogen) atoms. The van der Waals surface area contributed by atoms with E-state index in [4.69, 9.17) is 8.83 Å². The minimum absolute atomic E-state index is 0.250. The number of tetrazole rings is 1. The molecular weight excluding hydrogens is 460 g/mol. The molecule has 0 aliphatic heterocycles. The van der Waals surface area contributed by atoms with E-state index in [0.29, 0.717) is 28.7 Å². The summed E-state index contributed by atoms with van der Waals surface area (Å²) in [4.78, 5) is 30.1. The highest BCUT2D eigenvalue weighted by Crippen LogP contribution is 2.32. The molecule has 10 heteroatoms. The molecule has 188 valence electrons. The highest BCUT2D eigenvalue weighted by Gasteiger charge is 2.37. The summed E-state index contributed by atoms with van der Waals surface area (Å²) >= 11 is 0. The summed E-state index contributed by atoms with van der Waals surface area (Å²) in [5.41, 5.74) is 0.870. The number of rotatable bonds is 7. The van der Waals surface area contributed by atoms with E-state index in [1.54, 1.807) is 37.3 Å². The first kappa shape index (κ1) is 24.9. The first-order chi connectivity index (χ1) is 17.0. The number of benzene rings is 1. The van der Waals surface area contributed by atoms with Gasteiger partial charge in [-0.2, -0.15) is 4.80 Å². The average Bonchev–Trinajstić information content (AvgIpc) is 3.53. The fraction of sp³-hybridized carbons (Fsp3) is 0.346. The van der Waals surface area contributed by atoms with Crippen molar-refractivity contribution in [1.82, 2.24) is 25.5 Å². The Labute approximate surface area is 209 Å². The van der Waals surface area contributed by atoms with Gasteiger partial charge in [0.05, 0.1) is 0 Å². The van der Waals surface area contributed by atoms with E-state index < -0.39 is 17.5 Å². The third kappa shape index (κ3) is 5.54. The SMILES string of the molecule is Cc1ccc(-c2nnn(CC(=O)N(c3ccccc3C)[C@H](C(=O)NC(C)(C)C)c3ccc(C)o3)n2)o1. The fourth-order valence-corrected chi connectivity index (χ4v) is 3.82. The van der Waals surface area contributed by atoms with Crippen LogP contribution in [0.1, 0.15) is 49.7 Å². The summed E-state index contributed by atoms with van der Waals surface area (Å²) in [6.45, 7) is 10.9. The number of nitrogens with one attached hydrogen (secondary N) is 1. The van der Waals surface area contributed by atoms with Gasteiger partial charge in [0.1, 0.15) is 23.8 Å². The van der Waals surface area contributed by atoms with Crippen molar-refractivity contribution in [2.75, 3.05) is 4.90 Å². The number of carbonyl (C=O) groups is 2. The molecule has 3 heterocycles. The quantitative estimate of drug-likeness (QED) is 0.413. The number of amides is 2. The molecule has 0 unspecified atom stereocenters. The van der Waals surface area contributed by atoms with Crippen LogP contribution in [0.5, 0.6) is 0 Å². The predicted molar refractivity (Wildman–Crippen MR) is 133 cm³/mol. The number of furan rings is 2. The van der Waals surface area contributed by atoms with E-state index in [9.17, 15) is 9.59 Å². The van der Waals surface area contributed by atoms with Crippen LogP contribution in [-0.4, -0.2) is 37.6 Å². The van der Waals surface area contributed by atoms with E-state index in [2.05, 4.69) is 20.7 Å². The lowest BCUT2D eigenvalue weighted by molar-refractivity contribution is -0.128. The van der Waals surface area contributed by atoms with Gasteiger partial charge in [0, 0.05) is 11.2 Å². The lowest BCUT2D eigenvalue weighted by atomic mass is 10.0. The van der Waals surface area contributed by atoms with E-state index in [-0.39, 0.29) is 18.3 Å². The molecule has 0 radical (unpaired) electrons. The molecule has 0 aliphatic carbocycles. The van der Waals surface area contributed by atoms with E-state index >= 15 is 0 Å². The van der Waals surface area contributed by atoms with Gasteiger partial charge in [0.25, 0.3) is 11.8 Å². The first-order valence-corrected chi connectivity index (χ1v) is 11.6. The molecule has 0 saturated heterocycles. The van der Waals surface area contributed by atoms with Crippen LogP contribution in [0.4, 0.5) is 5.69 Å². The van der Waals surface area contributed by atoms with Crippen LogP contribution in [0.3, 0.4) is 0 Å². The van der Waals surface area contributed by atoms with Gasteiger partial charge < -0.3 is 14.2 Å². The summed E-state index contributed by atoms with van der Waals surface area (Å²) in [6, 6.07) is 13.3. The van der Waals surface area contributed by atoms with Crippen LogP contribution in [-0.2, 0) is 16.1 Å². The van der Waals surface area contributed by atoms with Crippen molar-refractivity contribution in [2.24, 2.45) is 0 Å². The van der Waals surface area contributed by atoms with Crippen molar-refractivity contribution in [3.63, 3.8) is 0 Å². The Kier molecular flexibility index (Phi) is 6.78. The second-order valence-corrected chi connectivity index (χ2v) is 9.69. The third-order valence-electron chi connectivity index (χ3n) is 5.37. The smallest absolute Gasteiger partial charge is 0.251 e. The summed E-state index contributed by atoms with van der Waals surface area (Å²) in [7, 11) is 0. The van der Waals surface area contributed by atoms with Crippen molar-refractivity contribution < 1.29 is 18.4 Å². The van der Waals surface area contributed by atoms with Gasteiger partial charge in [-0.05, 0) is 82.7 Å². The number of aromatic nitrogens is 4. The fourth-order valence-electron chi connectivity index (χ4n) is 3.82. The van der Waals surface area contributed by atoms with Gasteiger partial charge in [-0.3, -0.25) is 14.5 Å². The molecule has 1 N–H and O–H groups in total. The molecule has 4 rings (SSSR count). The number of para-hydroxylation sites is 1. The highest BCUT2D eigenvalue weighted by atomic mass is 16.3. The topological polar surface area (TPSA) is 119 Å². The number of hydrogen-bond acceptors (Lipinski definition) is 7. The third-order valence-corrected chi connectivity index (χ3v) is 5.37. The number of aryl methyl sites for hydroxylation is 3. The molecular formula is C26H30N6O4. The maximum absolute atomic E-state index is 13.9. The molecule has 4 aromatic rings. The minimum Gasteiger partial charge on any atom is -0.464 e. The second kappa shape index (κ2) is 9.80. The number of hydrogen-bond donors (Lipinski definition) is 1. The van der Waals surface area contributed by atoms with Crippen molar-refractivity contribution in [2.45, 2.75) is 59.7 Å². The van der Waals surface area contributed by atoms with Gasteiger partial charge >= 0.3 is 0 Å². The van der Waals surface area contributed by atoms with E-state index in [0.717, 1.165) is 5.56 Å². The van der Waals surface area contributed by atoms with Crippen LogP contribution in [0.15, 0.2) is 57.4 Å². The Morgan fingerprint density at radius 3 is 2.31 bits per heavy atom. The lowest BCUT2D eigenvalue weighted by Gasteiger charge is -2.33. The number of carbonyl (C=O) groups excluding carboxylic acids is 2. The lowest BCUT2D eigenvalue weighted by Crippen LogP contribution is -2.50. The Hall–Kier alpha value is -4.21. The minimum atomic E-state index is -1.05. The molecule has 2 amide bonds. The zero-order valence-electron chi connectivity index (χ0n) is 21.3. The van der Waals surface area contributed by atoms with Crippen LogP contribution in [0.2, 0.25) is 0 Å². The van der Waals surface area contributed by atoms with E-state index in [1.807, 2.05) is 52.8 Å². The first-order valence-electron chi connectivity index (χ1n) is 11.6. The predicted octanol–water partition coefficient (Wildman–Crippen LogP) is 4.14. The van der Waals surface area contributed by atoms with Crippen molar-refractivity contribution >= 4 is 17.5 Å². The van der Waals surface area contributed by atoms with E-state index in [1.165, 1.54) is 9.70 Å². The van der Waals surface area contributed by atoms with Crippen molar-refractivity contribution in [1.29, 1.82) is 0 Å². The van der Waals surface area contributed by atoms with Gasteiger partial charge in [0.15, 0.2) is 11.8 Å². The molecule has 0 fully saturated rings. The average molecular weight is 491 g/mol. The van der Waals surface area contributed by atoms with Gasteiger partial charge in [0.2, 0.25) is 5.82 Å². The van der Waals surface area contributed by atoms with Gasteiger partial charge in [-0.15, -0.1) is 10.2 Å². The zero-order chi connectivity index (χ0) is 26.0. The summed E-state index contributed by atoms with van der Waals surface area (Å²) in [5, 5.41) is 15.3. The molecule has 1 atom stereocenters. The summed E-state index contributed by atoms with van der Waals surface area (Å²) in [6.07, 6.45) is 0. The second-order valence-electron chi connectivity index (χ2n) is 9.69. The van der Waals surface area contributed by atoms with Crippen LogP contribution < -0.4 is 10.2 Å². The monoisotopic (exact) mass is 490 g/mol. The van der Waals surface area contributed by atoms with Crippen molar-refractivity contribution in [3.8, 4) is 11.6 Å². The molecule has 0 saturated carbocycles. The van der Waals surface area contributed by atoms with Crippen LogP contribution >= 0.6 is 0 Å². The number of nitrogens with zero attached hydrogens (tertiary/aromatic N) is 5. The maximum atomic E-state index is 13.9. The molecule has 1 aromatic carbocycles. The standard InChI is InChI=1S/C26H30N6O4/c1-16-9-7-8-10-19(16)32(23(20-13-11-17(2)35-20)25(34)27-26(4,5)6)22(33)15-31-29-24(28-30-31)21-14-12-18(3)36-21/h7-14,23H,15H2,1-6H3,(H,27,34)/t23-/m0/s1. The Balaban J connectivity index is 1.74. The van der Waals surface area contributed by atoms with Gasteiger partial charge in [-0.1, -0.05) is 18.2 Å². The molecule has 10 nitrogen and oxygen atoms in total. The summed E-state index contributed by atoms with van der Waals surface area (Å²) < 4.78 is 11.4. The normalized spacial score (nSPS) is 12.4. The van der Waals surface area contributed by atoms with Crippen LogP contribution in [0, 0.1) is 20.8 Å². The van der Waals surface area contributed by atoms with Gasteiger partial charge in [-0.25, -0.2) is 0 Å². The molecule has 0 spiro atoms. The number of anilines is 1. The van der Waals surface area contributed by atoms with Crippen LogP contribution in [0.25, 0.3) is 11.6 Å². The maximum Gasteiger partial charge on any atom is 0.251 e. The Bertz CT molecular complexity index is 1380. The largest absolute Gasteiger partial charge is 0.464 e. The molecule has 0 aliphatic rings. The molecule has 3 aromatic heterocycles. The summed E-state index contributed by atoms with van der Waals surface area (Å²) in [5.74, 6) is 1.64. The Morgan fingerprint density at radius 1 is 1.00 bits per heavy atom. The van der Waals surface area contributed by atoms with Crippen molar-refractivity contribution in [3.05, 3.63) is 71.4 Å². The zero-order valence-corrected chi connectivity index (χ0v) is 21.3.